The first-order valence-electron chi connectivity index (χ1n) is 11.1. The molecule has 0 radical (unpaired) electrons. The molecular weight excluding hydrogens is 534 g/mol. The molecule has 0 bridgehead atoms. The van der Waals surface area contributed by atoms with E-state index in [0.29, 0.717) is 27.5 Å². The van der Waals surface area contributed by atoms with E-state index < -0.39 is 15.9 Å². The van der Waals surface area contributed by atoms with Gasteiger partial charge in [0.1, 0.15) is 5.76 Å². The van der Waals surface area contributed by atoms with Gasteiger partial charge < -0.3 is 9.73 Å². The lowest BCUT2D eigenvalue weighted by Gasteiger charge is -2.13. The number of furan rings is 1. The summed E-state index contributed by atoms with van der Waals surface area (Å²) in [6.45, 7) is 0.496. The van der Waals surface area contributed by atoms with Gasteiger partial charge >= 0.3 is 4.87 Å². The predicted molar refractivity (Wildman–Crippen MR) is 144 cm³/mol. The Morgan fingerprint density at radius 2 is 1.78 bits per heavy atom. The molecule has 0 aliphatic rings. The van der Waals surface area contributed by atoms with E-state index in [1.54, 1.807) is 47.0 Å². The Bertz CT molecular complexity index is 1740. The van der Waals surface area contributed by atoms with Gasteiger partial charge in [-0.3, -0.25) is 18.9 Å². The maximum Gasteiger partial charge on any atom is 0.308 e. The predicted octanol–water partition coefficient (Wildman–Crippen LogP) is 5.09. The minimum absolute atomic E-state index is 0.0225. The van der Waals surface area contributed by atoms with Crippen molar-refractivity contribution in [3.05, 3.63) is 117 Å². The lowest BCUT2D eigenvalue weighted by Crippen LogP contribution is -2.24. The monoisotopic (exact) mass is 553 g/mol. The molecule has 0 aliphatic carbocycles. The number of amides is 1. The van der Waals surface area contributed by atoms with Gasteiger partial charge in [-0.25, -0.2) is 8.42 Å². The standard InChI is InChI=1S/C26H20ClN3O5S2/c27-18-9-7-17(8-10-18)16-30-23-12-11-20(14-24(23)36-26(30)32)37(33,34)29-22-6-2-1-5-21(22)25(31)28-15-19-4-3-13-35-19/h1-14,29H,15-16H2,(H,28,31). The van der Waals surface area contributed by atoms with Crippen molar-refractivity contribution in [1.82, 2.24) is 9.88 Å². The van der Waals surface area contributed by atoms with Crippen molar-refractivity contribution in [2.75, 3.05) is 4.72 Å². The topological polar surface area (TPSA) is 110 Å². The summed E-state index contributed by atoms with van der Waals surface area (Å²) in [4.78, 5) is 25.2. The van der Waals surface area contributed by atoms with E-state index in [4.69, 9.17) is 16.0 Å². The fourth-order valence-electron chi connectivity index (χ4n) is 3.79. The number of hydrogen-bond donors (Lipinski definition) is 2. The molecule has 2 aromatic heterocycles. The molecule has 0 aliphatic heterocycles. The van der Waals surface area contributed by atoms with Crippen LogP contribution >= 0.6 is 22.9 Å². The zero-order chi connectivity index (χ0) is 26.0. The third kappa shape index (κ3) is 5.46. The lowest BCUT2D eigenvalue weighted by atomic mass is 10.1. The number of para-hydroxylation sites is 1. The minimum Gasteiger partial charge on any atom is -0.467 e. The highest BCUT2D eigenvalue weighted by molar-refractivity contribution is 7.92. The van der Waals surface area contributed by atoms with Gasteiger partial charge in [-0.1, -0.05) is 47.2 Å². The Kier molecular flexibility index (Phi) is 6.88. The van der Waals surface area contributed by atoms with E-state index in [0.717, 1.165) is 16.9 Å². The van der Waals surface area contributed by atoms with Crippen molar-refractivity contribution in [2.45, 2.75) is 18.0 Å². The van der Waals surface area contributed by atoms with Crippen LogP contribution in [-0.2, 0) is 23.1 Å². The smallest absolute Gasteiger partial charge is 0.308 e. The van der Waals surface area contributed by atoms with Gasteiger partial charge in [-0.2, -0.15) is 0 Å². The van der Waals surface area contributed by atoms with E-state index in [9.17, 15) is 18.0 Å². The molecule has 0 spiro atoms. The number of fused-ring (bicyclic) bond motifs is 1. The Morgan fingerprint density at radius 1 is 1.00 bits per heavy atom. The number of sulfonamides is 1. The minimum atomic E-state index is -4.05. The average Bonchev–Trinajstić information content (AvgIpc) is 3.51. The SMILES string of the molecule is O=C(NCc1ccco1)c1ccccc1NS(=O)(=O)c1ccc2c(c1)sc(=O)n2Cc1ccc(Cl)cc1. The van der Waals surface area contributed by atoms with Gasteiger partial charge in [0.2, 0.25) is 0 Å². The lowest BCUT2D eigenvalue weighted by molar-refractivity contribution is 0.0949. The third-order valence-electron chi connectivity index (χ3n) is 5.62. The number of rotatable bonds is 8. The number of carbonyl (C=O) groups is 1. The zero-order valence-electron chi connectivity index (χ0n) is 19.2. The van der Waals surface area contributed by atoms with Crippen LogP contribution in [0.25, 0.3) is 10.2 Å². The van der Waals surface area contributed by atoms with Gasteiger partial charge in [0, 0.05) is 5.02 Å². The molecule has 5 rings (SSSR count). The highest BCUT2D eigenvalue weighted by Gasteiger charge is 2.20. The fraction of sp³-hybridized carbons (Fsp3) is 0.0769. The van der Waals surface area contributed by atoms with E-state index in [2.05, 4.69) is 10.0 Å². The number of nitrogens with one attached hydrogen (secondary N) is 2. The van der Waals surface area contributed by atoms with Gasteiger partial charge in [0.25, 0.3) is 15.9 Å². The molecule has 2 N–H and O–H groups in total. The van der Waals surface area contributed by atoms with E-state index >= 15 is 0 Å². The van der Waals surface area contributed by atoms with Crippen LogP contribution in [0.15, 0.2) is 99.2 Å². The van der Waals surface area contributed by atoms with Crippen molar-refractivity contribution in [2.24, 2.45) is 0 Å². The molecule has 1 amide bonds. The Hall–Kier alpha value is -3.86. The van der Waals surface area contributed by atoms with Crippen LogP contribution in [0.4, 0.5) is 5.69 Å². The Morgan fingerprint density at radius 3 is 2.54 bits per heavy atom. The van der Waals surface area contributed by atoms with Crippen LogP contribution in [0.5, 0.6) is 0 Å². The quantitative estimate of drug-likeness (QED) is 0.278. The molecule has 0 atom stereocenters. The molecule has 2 heterocycles. The summed E-state index contributed by atoms with van der Waals surface area (Å²) in [5, 5.41) is 3.31. The number of halogens is 1. The van der Waals surface area contributed by atoms with Crippen molar-refractivity contribution >= 4 is 54.8 Å². The zero-order valence-corrected chi connectivity index (χ0v) is 21.6. The molecule has 11 heteroatoms. The molecule has 5 aromatic rings. The second-order valence-corrected chi connectivity index (χ2v) is 11.2. The molecule has 188 valence electrons. The van der Waals surface area contributed by atoms with Crippen molar-refractivity contribution in [3.8, 4) is 0 Å². The van der Waals surface area contributed by atoms with Crippen LogP contribution in [0.2, 0.25) is 5.02 Å². The van der Waals surface area contributed by atoms with Crippen LogP contribution in [0.3, 0.4) is 0 Å². The molecule has 0 saturated heterocycles. The molecular formula is C26H20ClN3O5S2. The van der Waals surface area contributed by atoms with E-state index in [1.807, 2.05) is 12.1 Å². The van der Waals surface area contributed by atoms with Crippen LogP contribution in [-0.4, -0.2) is 18.9 Å². The van der Waals surface area contributed by atoms with Gasteiger partial charge in [0.05, 0.1) is 45.7 Å². The summed E-state index contributed by atoms with van der Waals surface area (Å²) < 4.78 is 36.3. The molecule has 0 fully saturated rings. The second kappa shape index (κ2) is 10.3. The van der Waals surface area contributed by atoms with Crippen LogP contribution in [0.1, 0.15) is 21.7 Å². The third-order valence-corrected chi connectivity index (χ3v) is 8.18. The molecule has 0 unspecified atom stereocenters. The maximum absolute atomic E-state index is 13.2. The number of nitrogens with zero attached hydrogens (tertiary/aromatic N) is 1. The van der Waals surface area contributed by atoms with Crippen LogP contribution < -0.4 is 14.9 Å². The highest BCUT2D eigenvalue weighted by Crippen LogP contribution is 2.25. The van der Waals surface area contributed by atoms with Gasteiger partial charge in [0.15, 0.2) is 0 Å². The number of carbonyl (C=O) groups excluding carboxylic acids is 1. The molecule has 37 heavy (non-hydrogen) atoms. The first kappa shape index (κ1) is 24.8. The number of anilines is 1. The summed E-state index contributed by atoms with van der Waals surface area (Å²) >= 11 is 6.91. The Labute approximate surface area is 221 Å². The number of benzene rings is 3. The summed E-state index contributed by atoms with van der Waals surface area (Å²) in [6.07, 6.45) is 1.50. The van der Waals surface area contributed by atoms with Crippen molar-refractivity contribution in [3.63, 3.8) is 0 Å². The first-order chi connectivity index (χ1) is 17.8. The van der Waals surface area contributed by atoms with E-state index in [-0.39, 0.29) is 27.6 Å². The van der Waals surface area contributed by atoms with Crippen LogP contribution in [0, 0.1) is 0 Å². The summed E-state index contributed by atoms with van der Waals surface area (Å²) in [6, 6.07) is 21.4. The van der Waals surface area contributed by atoms with Crippen molar-refractivity contribution < 1.29 is 17.6 Å². The van der Waals surface area contributed by atoms with Gasteiger partial charge in [-0.05, 0) is 60.2 Å². The van der Waals surface area contributed by atoms with Gasteiger partial charge in [-0.15, -0.1) is 0 Å². The number of aromatic nitrogens is 1. The fourth-order valence-corrected chi connectivity index (χ4v) is 6.02. The molecule has 0 saturated carbocycles. The maximum atomic E-state index is 13.2. The number of thiazole rings is 1. The summed E-state index contributed by atoms with van der Waals surface area (Å²) in [7, 11) is -4.05. The second-order valence-electron chi connectivity index (χ2n) is 8.12. The molecule has 3 aromatic carbocycles. The van der Waals surface area contributed by atoms with E-state index in [1.165, 1.54) is 30.5 Å². The average molecular weight is 554 g/mol. The largest absolute Gasteiger partial charge is 0.467 e. The Balaban J connectivity index is 1.39. The summed E-state index contributed by atoms with van der Waals surface area (Å²) in [5.74, 6) is 0.115. The molecule has 8 nitrogen and oxygen atoms in total. The summed E-state index contributed by atoms with van der Waals surface area (Å²) in [5.41, 5.74) is 1.82. The highest BCUT2D eigenvalue weighted by atomic mass is 35.5. The first-order valence-corrected chi connectivity index (χ1v) is 13.8. The van der Waals surface area contributed by atoms with Crippen molar-refractivity contribution in [1.29, 1.82) is 0 Å². The number of hydrogen-bond acceptors (Lipinski definition) is 6. The normalized spacial score (nSPS) is 11.5.